The number of hydrogen-bond acceptors (Lipinski definition) is 1. The van der Waals surface area contributed by atoms with Crippen LogP contribution in [0.4, 0.5) is 0 Å². The Morgan fingerprint density at radius 1 is 1.24 bits per heavy atom. The van der Waals surface area contributed by atoms with Crippen molar-refractivity contribution in [3.63, 3.8) is 0 Å². The molecule has 17 heavy (non-hydrogen) atoms. The molecule has 0 spiro atoms. The minimum Gasteiger partial charge on any atom is -0.322 e. The van der Waals surface area contributed by atoms with E-state index >= 15 is 0 Å². The third kappa shape index (κ3) is 2.26. The van der Waals surface area contributed by atoms with Gasteiger partial charge in [0, 0.05) is 16.5 Å². The quantitative estimate of drug-likeness (QED) is 0.841. The van der Waals surface area contributed by atoms with Gasteiger partial charge in [0.25, 0.3) is 5.56 Å². The summed E-state index contributed by atoms with van der Waals surface area (Å²) in [6.45, 7) is 8.36. The largest absolute Gasteiger partial charge is 0.322 e. The van der Waals surface area contributed by atoms with Crippen molar-refractivity contribution in [2.75, 3.05) is 0 Å². The zero-order valence-corrected chi connectivity index (χ0v) is 10.9. The molecule has 2 nitrogen and oxygen atoms in total. The molecule has 0 aliphatic rings. The highest BCUT2D eigenvalue weighted by Gasteiger charge is 2.10. The summed E-state index contributed by atoms with van der Waals surface area (Å²) in [5.74, 6) is 0.555. The maximum atomic E-state index is 11.9. The van der Waals surface area contributed by atoms with Crippen molar-refractivity contribution in [1.82, 2.24) is 4.98 Å². The van der Waals surface area contributed by atoms with Gasteiger partial charge in [0.1, 0.15) is 0 Å². The van der Waals surface area contributed by atoms with Crippen LogP contribution in [-0.2, 0) is 6.42 Å². The van der Waals surface area contributed by atoms with Crippen LogP contribution in [0.1, 0.15) is 30.5 Å². The number of rotatable bonds is 2. The second-order valence-electron chi connectivity index (χ2n) is 5.20. The molecule has 0 saturated heterocycles. The van der Waals surface area contributed by atoms with Crippen LogP contribution in [0.5, 0.6) is 0 Å². The summed E-state index contributed by atoms with van der Waals surface area (Å²) in [5.41, 5.74) is 4.27. The van der Waals surface area contributed by atoms with Crippen molar-refractivity contribution >= 4 is 10.9 Å². The van der Waals surface area contributed by atoms with Crippen LogP contribution in [0.2, 0.25) is 0 Å². The zero-order chi connectivity index (χ0) is 12.6. The van der Waals surface area contributed by atoms with Gasteiger partial charge in [-0.25, -0.2) is 0 Å². The van der Waals surface area contributed by atoms with Crippen LogP contribution in [-0.4, -0.2) is 4.98 Å². The SMILES string of the molecule is Cc1ccc2[nH]c(=O)c(C)c(CC(C)C)c2c1. The molecule has 1 aromatic heterocycles. The molecule has 1 N–H and O–H groups in total. The predicted molar refractivity (Wildman–Crippen MR) is 72.6 cm³/mol. The Morgan fingerprint density at radius 3 is 2.59 bits per heavy atom. The molecule has 0 bridgehead atoms. The summed E-state index contributed by atoms with van der Waals surface area (Å²) in [6, 6.07) is 6.19. The number of aryl methyl sites for hydroxylation is 1. The average molecular weight is 229 g/mol. The Balaban J connectivity index is 2.79. The lowest BCUT2D eigenvalue weighted by Crippen LogP contribution is -2.14. The molecule has 0 radical (unpaired) electrons. The van der Waals surface area contributed by atoms with E-state index in [1.807, 2.05) is 19.1 Å². The van der Waals surface area contributed by atoms with Crippen molar-refractivity contribution in [2.24, 2.45) is 5.92 Å². The highest BCUT2D eigenvalue weighted by Crippen LogP contribution is 2.22. The van der Waals surface area contributed by atoms with Gasteiger partial charge in [0.2, 0.25) is 0 Å². The molecule has 0 amide bonds. The van der Waals surface area contributed by atoms with E-state index in [2.05, 4.69) is 31.8 Å². The van der Waals surface area contributed by atoms with Gasteiger partial charge in [0.05, 0.1) is 0 Å². The van der Waals surface area contributed by atoms with E-state index < -0.39 is 0 Å². The molecular formula is C15H19NO. The Kier molecular flexibility index (Phi) is 3.05. The van der Waals surface area contributed by atoms with Gasteiger partial charge in [-0.15, -0.1) is 0 Å². The monoisotopic (exact) mass is 229 g/mol. The molecule has 0 atom stereocenters. The van der Waals surface area contributed by atoms with E-state index in [-0.39, 0.29) is 5.56 Å². The molecule has 2 rings (SSSR count). The molecule has 90 valence electrons. The topological polar surface area (TPSA) is 32.9 Å². The van der Waals surface area contributed by atoms with Gasteiger partial charge in [-0.3, -0.25) is 4.79 Å². The third-order valence-electron chi connectivity index (χ3n) is 3.15. The van der Waals surface area contributed by atoms with Gasteiger partial charge >= 0.3 is 0 Å². The second kappa shape index (κ2) is 4.36. The lowest BCUT2D eigenvalue weighted by molar-refractivity contribution is 0.647. The smallest absolute Gasteiger partial charge is 0.251 e. The number of fused-ring (bicyclic) bond motifs is 1. The fraction of sp³-hybridized carbons (Fsp3) is 0.400. The van der Waals surface area contributed by atoms with Crippen molar-refractivity contribution < 1.29 is 0 Å². The Labute approximate surface area is 102 Å². The van der Waals surface area contributed by atoms with Crippen molar-refractivity contribution in [3.8, 4) is 0 Å². The molecular weight excluding hydrogens is 210 g/mol. The molecule has 0 unspecified atom stereocenters. The van der Waals surface area contributed by atoms with Crippen LogP contribution < -0.4 is 5.56 Å². The second-order valence-corrected chi connectivity index (χ2v) is 5.20. The molecule has 2 aromatic rings. The van der Waals surface area contributed by atoms with E-state index in [0.29, 0.717) is 5.92 Å². The maximum Gasteiger partial charge on any atom is 0.251 e. The molecule has 0 aliphatic carbocycles. The van der Waals surface area contributed by atoms with Crippen molar-refractivity contribution in [3.05, 3.63) is 45.2 Å². The number of hydrogen-bond donors (Lipinski definition) is 1. The molecule has 2 heteroatoms. The van der Waals surface area contributed by atoms with E-state index in [4.69, 9.17) is 0 Å². The first-order valence-electron chi connectivity index (χ1n) is 6.11. The number of H-pyrrole nitrogens is 1. The summed E-state index contributed by atoms with van der Waals surface area (Å²) >= 11 is 0. The molecule has 0 fully saturated rings. The highest BCUT2D eigenvalue weighted by atomic mass is 16.1. The Morgan fingerprint density at radius 2 is 1.94 bits per heavy atom. The van der Waals surface area contributed by atoms with Gasteiger partial charge in [-0.05, 0) is 43.9 Å². The van der Waals surface area contributed by atoms with Gasteiger partial charge in [-0.1, -0.05) is 25.5 Å². The standard InChI is InChI=1S/C15H19NO/c1-9(2)7-12-11(4)15(17)16-14-6-5-10(3)8-13(12)14/h5-6,8-9H,7H2,1-4H3,(H,16,17). The molecule has 0 saturated carbocycles. The van der Waals surface area contributed by atoms with Gasteiger partial charge < -0.3 is 4.98 Å². The maximum absolute atomic E-state index is 11.9. The molecule has 1 heterocycles. The summed E-state index contributed by atoms with van der Waals surface area (Å²) in [7, 11) is 0. The van der Waals surface area contributed by atoms with E-state index in [1.54, 1.807) is 0 Å². The van der Waals surface area contributed by atoms with E-state index in [0.717, 1.165) is 17.5 Å². The number of nitrogens with one attached hydrogen (secondary N) is 1. The van der Waals surface area contributed by atoms with Crippen LogP contribution >= 0.6 is 0 Å². The zero-order valence-electron chi connectivity index (χ0n) is 10.9. The summed E-state index contributed by atoms with van der Waals surface area (Å²) in [6.07, 6.45) is 0.954. The van der Waals surface area contributed by atoms with Crippen molar-refractivity contribution in [1.29, 1.82) is 0 Å². The number of pyridine rings is 1. The van der Waals surface area contributed by atoms with Crippen LogP contribution in [0, 0.1) is 19.8 Å². The third-order valence-corrected chi connectivity index (χ3v) is 3.15. The minimum absolute atomic E-state index is 0.0389. The first kappa shape index (κ1) is 11.9. The minimum atomic E-state index is 0.0389. The fourth-order valence-electron chi connectivity index (χ4n) is 2.24. The Hall–Kier alpha value is -1.57. The fourth-order valence-corrected chi connectivity index (χ4v) is 2.24. The van der Waals surface area contributed by atoms with Gasteiger partial charge in [0.15, 0.2) is 0 Å². The van der Waals surface area contributed by atoms with Crippen LogP contribution in [0.25, 0.3) is 10.9 Å². The predicted octanol–water partition coefficient (Wildman–Crippen LogP) is 3.34. The van der Waals surface area contributed by atoms with Gasteiger partial charge in [-0.2, -0.15) is 0 Å². The molecule has 0 aliphatic heterocycles. The normalized spacial score (nSPS) is 11.4. The van der Waals surface area contributed by atoms with Crippen molar-refractivity contribution in [2.45, 2.75) is 34.1 Å². The lowest BCUT2D eigenvalue weighted by atomic mass is 9.95. The average Bonchev–Trinajstić information content (AvgIpc) is 2.25. The first-order chi connectivity index (χ1) is 7.99. The summed E-state index contributed by atoms with van der Waals surface area (Å²) < 4.78 is 0. The number of aromatic nitrogens is 1. The number of aromatic amines is 1. The van der Waals surface area contributed by atoms with Crippen LogP contribution in [0.15, 0.2) is 23.0 Å². The summed E-state index contributed by atoms with van der Waals surface area (Å²) in [4.78, 5) is 14.8. The van der Waals surface area contributed by atoms with Crippen LogP contribution in [0.3, 0.4) is 0 Å². The highest BCUT2D eigenvalue weighted by molar-refractivity contribution is 5.83. The van der Waals surface area contributed by atoms with E-state index in [1.165, 1.54) is 16.5 Å². The summed E-state index contributed by atoms with van der Waals surface area (Å²) in [5, 5.41) is 1.19. The lowest BCUT2D eigenvalue weighted by Gasteiger charge is -2.12. The molecule has 1 aromatic carbocycles. The first-order valence-corrected chi connectivity index (χ1v) is 6.11. The number of benzene rings is 1. The van der Waals surface area contributed by atoms with E-state index in [9.17, 15) is 4.79 Å². The Bertz CT molecular complexity index is 608.